The molecule has 0 aromatic carbocycles. The van der Waals surface area contributed by atoms with Gasteiger partial charge in [0.2, 0.25) is 12.2 Å². The Bertz CT molecular complexity index is 1270. The van der Waals surface area contributed by atoms with Gasteiger partial charge in [0.1, 0.15) is 16.8 Å². The summed E-state index contributed by atoms with van der Waals surface area (Å²) in [4.78, 5) is 66.2. The highest BCUT2D eigenvalue weighted by Crippen LogP contribution is 2.32. The molecule has 1 saturated heterocycles. The van der Waals surface area contributed by atoms with Crippen LogP contribution in [-0.4, -0.2) is 58.9 Å². The van der Waals surface area contributed by atoms with Gasteiger partial charge in [0, 0.05) is 5.57 Å². The Hall–Kier alpha value is -3.17. The Morgan fingerprint density at radius 2 is 1.24 bits per heavy atom. The predicted molar refractivity (Wildman–Crippen MR) is 197 cm³/mol. The van der Waals surface area contributed by atoms with E-state index in [4.69, 9.17) is 23.7 Å². The standard InChI is InChI=1S/C41H68O10/c1-17-24(2)18-25(3)19-26(4)20-27(5)21-28(6)22-30(35(43)49-39(8,9)10)23-29(7)34(42)47-32-31(36(44)50-40(11,12)13)33(48-37(32)45)38(46)51-41(14,15)16/h21-22,24-27,29,31-33H,17-20,23H2,1-16H3/b28-21+,30-22+. The minimum atomic E-state index is -1.75. The second-order valence-corrected chi connectivity index (χ2v) is 17.9. The maximum Gasteiger partial charge on any atom is 0.349 e. The number of ether oxygens (including phenoxy) is 5. The Balaban J connectivity index is 3.27. The van der Waals surface area contributed by atoms with Crippen molar-refractivity contribution in [1.29, 1.82) is 0 Å². The molecule has 0 aromatic heterocycles. The van der Waals surface area contributed by atoms with E-state index in [0.29, 0.717) is 11.8 Å². The van der Waals surface area contributed by atoms with Crippen LogP contribution in [0.25, 0.3) is 0 Å². The molecule has 1 aliphatic heterocycles. The molecule has 8 atom stereocenters. The number of allylic oxidation sites excluding steroid dienone is 3. The molecule has 0 aliphatic carbocycles. The van der Waals surface area contributed by atoms with Crippen molar-refractivity contribution in [2.45, 2.75) is 172 Å². The van der Waals surface area contributed by atoms with Crippen molar-refractivity contribution < 1.29 is 47.7 Å². The largest absolute Gasteiger partial charge is 0.460 e. The number of carbonyl (C=O) groups is 5. The normalized spacial score (nSPS) is 21.9. The molecule has 0 aromatic rings. The average Bonchev–Trinajstić information content (AvgIpc) is 3.25. The van der Waals surface area contributed by atoms with Gasteiger partial charge in [-0.2, -0.15) is 0 Å². The molecule has 0 radical (unpaired) electrons. The smallest absolute Gasteiger partial charge is 0.349 e. The van der Waals surface area contributed by atoms with Gasteiger partial charge < -0.3 is 23.7 Å². The molecule has 1 aliphatic rings. The average molecular weight is 721 g/mol. The highest BCUT2D eigenvalue weighted by atomic mass is 16.6. The summed E-state index contributed by atoms with van der Waals surface area (Å²) in [6.45, 7) is 29.8. The fraction of sp³-hybridized carbons (Fsp3) is 0.780. The molecule has 1 heterocycles. The summed E-state index contributed by atoms with van der Waals surface area (Å²) < 4.78 is 27.4. The van der Waals surface area contributed by atoms with Gasteiger partial charge >= 0.3 is 29.8 Å². The zero-order valence-corrected chi connectivity index (χ0v) is 34.4. The van der Waals surface area contributed by atoms with Crippen LogP contribution in [0.2, 0.25) is 0 Å². The maximum absolute atomic E-state index is 13.5. The van der Waals surface area contributed by atoms with Gasteiger partial charge in [-0.25, -0.2) is 14.4 Å². The number of rotatable bonds is 16. The lowest BCUT2D eigenvalue weighted by atomic mass is 9.84. The van der Waals surface area contributed by atoms with Crippen LogP contribution >= 0.6 is 0 Å². The first-order valence-electron chi connectivity index (χ1n) is 18.6. The minimum Gasteiger partial charge on any atom is -0.460 e. The van der Waals surface area contributed by atoms with E-state index >= 15 is 0 Å². The molecule has 51 heavy (non-hydrogen) atoms. The number of carbonyl (C=O) groups excluding carboxylic acids is 5. The van der Waals surface area contributed by atoms with Gasteiger partial charge in [0.05, 0.1) is 5.92 Å². The van der Waals surface area contributed by atoms with Crippen molar-refractivity contribution in [3.63, 3.8) is 0 Å². The van der Waals surface area contributed by atoms with E-state index in [9.17, 15) is 24.0 Å². The number of hydrogen-bond donors (Lipinski definition) is 0. The molecular weight excluding hydrogens is 652 g/mol. The van der Waals surface area contributed by atoms with Crippen molar-refractivity contribution in [2.75, 3.05) is 0 Å². The summed E-state index contributed by atoms with van der Waals surface area (Å²) in [5, 5.41) is 0. The highest BCUT2D eigenvalue weighted by molar-refractivity contribution is 5.96. The van der Waals surface area contributed by atoms with Crippen LogP contribution in [0.15, 0.2) is 23.3 Å². The number of cyclic esters (lactones) is 1. The van der Waals surface area contributed by atoms with Gasteiger partial charge in [-0.1, -0.05) is 59.6 Å². The Morgan fingerprint density at radius 3 is 1.75 bits per heavy atom. The van der Waals surface area contributed by atoms with E-state index in [1.165, 1.54) is 12.8 Å². The third-order valence-electron chi connectivity index (χ3n) is 8.31. The Labute approximate surface area is 307 Å². The molecule has 1 rings (SSSR count). The Morgan fingerprint density at radius 1 is 0.745 bits per heavy atom. The van der Waals surface area contributed by atoms with E-state index in [1.54, 1.807) is 75.3 Å². The SMILES string of the molecule is CCC(C)CC(C)CC(C)CC(C)/C=C(C)/C=C(\CC(C)C(=O)OC1C(=O)OC(C(=O)OC(C)(C)C)C1C(=O)OC(C)(C)C)C(=O)OC(C)(C)C. The maximum atomic E-state index is 13.5. The summed E-state index contributed by atoms with van der Waals surface area (Å²) >= 11 is 0. The lowest BCUT2D eigenvalue weighted by Gasteiger charge is -2.27. The van der Waals surface area contributed by atoms with Crippen LogP contribution in [0, 0.1) is 35.5 Å². The second-order valence-electron chi connectivity index (χ2n) is 17.9. The third kappa shape index (κ3) is 17.3. The summed E-state index contributed by atoms with van der Waals surface area (Å²) in [7, 11) is 0. The quantitative estimate of drug-likeness (QED) is 0.0662. The molecule has 1 fully saturated rings. The van der Waals surface area contributed by atoms with Crippen molar-refractivity contribution in [2.24, 2.45) is 35.5 Å². The van der Waals surface area contributed by atoms with Crippen molar-refractivity contribution in [3.8, 4) is 0 Å². The number of esters is 5. The lowest BCUT2D eigenvalue weighted by Crippen LogP contribution is -2.44. The molecule has 0 spiro atoms. The van der Waals surface area contributed by atoms with E-state index < -0.39 is 70.7 Å². The Kier molecular flexibility index (Phi) is 17.1. The second kappa shape index (κ2) is 19.1. The summed E-state index contributed by atoms with van der Waals surface area (Å²) in [5.41, 5.74) is -1.58. The van der Waals surface area contributed by atoms with Crippen molar-refractivity contribution in [3.05, 3.63) is 23.3 Å². The molecule has 0 saturated carbocycles. The van der Waals surface area contributed by atoms with Gasteiger partial charge in [-0.05, 0) is 125 Å². The third-order valence-corrected chi connectivity index (χ3v) is 8.31. The first-order valence-corrected chi connectivity index (χ1v) is 18.6. The van der Waals surface area contributed by atoms with Crippen LogP contribution in [0.5, 0.6) is 0 Å². The van der Waals surface area contributed by atoms with Gasteiger partial charge in [-0.15, -0.1) is 0 Å². The molecular formula is C41H68O10. The summed E-state index contributed by atoms with van der Waals surface area (Å²) in [6, 6.07) is 0. The summed E-state index contributed by atoms with van der Waals surface area (Å²) in [5.74, 6) is -4.77. The topological polar surface area (TPSA) is 132 Å². The fourth-order valence-electron chi connectivity index (χ4n) is 6.27. The monoisotopic (exact) mass is 720 g/mol. The van der Waals surface area contributed by atoms with Crippen LogP contribution in [0.1, 0.15) is 143 Å². The van der Waals surface area contributed by atoms with Crippen LogP contribution in [0.3, 0.4) is 0 Å². The first-order chi connectivity index (χ1) is 23.1. The predicted octanol–water partition coefficient (Wildman–Crippen LogP) is 8.49. The number of hydrogen-bond acceptors (Lipinski definition) is 10. The zero-order valence-electron chi connectivity index (χ0n) is 34.4. The highest BCUT2D eigenvalue weighted by Gasteiger charge is 2.57. The first kappa shape index (κ1) is 45.9. The lowest BCUT2D eigenvalue weighted by molar-refractivity contribution is -0.179. The fourth-order valence-corrected chi connectivity index (χ4v) is 6.27. The van der Waals surface area contributed by atoms with E-state index in [2.05, 4.69) is 40.7 Å². The molecule has 0 bridgehead atoms. The van der Waals surface area contributed by atoms with E-state index in [0.717, 1.165) is 24.3 Å². The molecule has 0 amide bonds. The molecule has 10 heteroatoms. The van der Waals surface area contributed by atoms with Crippen LogP contribution < -0.4 is 0 Å². The summed E-state index contributed by atoms with van der Waals surface area (Å²) in [6.07, 6.45) is 4.94. The molecule has 10 nitrogen and oxygen atoms in total. The van der Waals surface area contributed by atoms with E-state index in [-0.39, 0.29) is 17.9 Å². The molecule has 292 valence electrons. The molecule has 8 unspecified atom stereocenters. The zero-order chi connectivity index (χ0) is 39.6. The minimum absolute atomic E-state index is 0.0643. The van der Waals surface area contributed by atoms with Crippen molar-refractivity contribution >= 4 is 29.8 Å². The van der Waals surface area contributed by atoms with Gasteiger partial charge in [0.15, 0.2) is 5.92 Å². The van der Waals surface area contributed by atoms with Crippen LogP contribution in [0.4, 0.5) is 0 Å². The van der Waals surface area contributed by atoms with Gasteiger partial charge in [-0.3, -0.25) is 9.59 Å². The van der Waals surface area contributed by atoms with E-state index in [1.807, 2.05) is 6.92 Å². The van der Waals surface area contributed by atoms with Crippen molar-refractivity contribution in [1.82, 2.24) is 0 Å². The van der Waals surface area contributed by atoms with Crippen LogP contribution in [-0.2, 0) is 47.7 Å². The molecule has 0 N–H and O–H groups in total. The van der Waals surface area contributed by atoms with Gasteiger partial charge in [0.25, 0.3) is 0 Å².